The van der Waals surface area contributed by atoms with Gasteiger partial charge in [-0.3, -0.25) is 0 Å². The SMILES string of the molecule is CCCCNCCn1c(Sc2cc(OC)ccc2I)nc2c([As])ncnc21. The molecular weight excluding hydrogens is 536 g/mol. The van der Waals surface area contributed by atoms with Gasteiger partial charge in [0.1, 0.15) is 0 Å². The second kappa shape index (κ2) is 10.1. The molecule has 1 N–H and O–H groups in total. The maximum atomic E-state index is 5.38. The molecule has 0 aliphatic rings. The Hall–Kier alpha value is -0.832. The van der Waals surface area contributed by atoms with Crippen LogP contribution in [0.1, 0.15) is 19.8 Å². The Labute approximate surface area is 185 Å². The van der Waals surface area contributed by atoms with E-state index in [9.17, 15) is 0 Å². The fraction of sp³-hybridized carbons (Fsp3) is 0.389. The van der Waals surface area contributed by atoms with Crippen molar-refractivity contribution >= 4 is 66.9 Å². The number of nitrogens with one attached hydrogen (secondary N) is 1. The van der Waals surface area contributed by atoms with Gasteiger partial charge in [0.2, 0.25) is 0 Å². The molecule has 142 valence electrons. The van der Waals surface area contributed by atoms with E-state index in [1.165, 1.54) is 12.8 Å². The Morgan fingerprint density at radius 1 is 1.30 bits per heavy atom. The third-order valence-corrected chi connectivity index (χ3v) is 7.08. The molecule has 1 aromatic carbocycles. The number of imidazole rings is 1. The fourth-order valence-corrected chi connectivity index (χ4v) is 4.64. The topological polar surface area (TPSA) is 64.9 Å². The maximum absolute atomic E-state index is 5.38. The van der Waals surface area contributed by atoms with Crippen LogP contribution in [-0.4, -0.2) is 56.6 Å². The molecule has 0 amide bonds. The molecule has 27 heavy (non-hydrogen) atoms. The third kappa shape index (κ3) is 5.16. The van der Waals surface area contributed by atoms with Crippen LogP contribution in [0.4, 0.5) is 0 Å². The normalized spacial score (nSPS) is 11.3. The summed E-state index contributed by atoms with van der Waals surface area (Å²) < 4.78 is 9.56. The van der Waals surface area contributed by atoms with E-state index in [2.05, 4.69) is 72.3 Å². The molecule has 0 bridgehead atoms. The van der Waals surface area contributed by atoms with Gasteiger partial charge in [0.05, 0.1) is 0 Å². The summed E-state index contributed by atoms with van der Waals surface area (Å²) in [5.74, 6) is 0.842. The van der Waals surface area contributed by atoms with Gasteiger partial charge in [-0.15, -0.1) is 0 Å². The third-order valence-electron chi connectivity index (χ3n) is 4.04. The molecule has 0 atom stereocenters. The van der Waals surface area contributed by atoms with Crippen molar-refractivity contribution in [2.75, 3.05) is 20.2 Å². The van der Waals surface area contributed by atoms with E-state index in [1.807, 2.05) is 12.1 Å². The van der Waals surface area contributed by atoms with Gasteiger partial charge in [-0.1, -0.05) is 0 Å². The molecular formula is C18H21AsIN5OS. The second-order valence-electron chi connectivity index (χ2n) is 5.92. The Morgan fingerprint density at radius 3 is 2.93 bits per heavy atom. The van der Waals surface area contributed by atoms with Crippen molar-refractivity contribution in [1.82, 2.24) is 24.8 Å². The van der Waals surface area contributed by atoms with Crippen LogP contribution >= 0.6 is 34.4 Å². The molecule has 0 fully saturated rings. The number of ether oxygens (including phenoxy) is 1. The summed E-state index contributed by atoms with van der Waals surface area (Å²) in [7, 11) is 1.69. The number of halogens is 1. The van der Waals surface area contributed by atoms with E-state index in [0.717, 1.165) is 54.7 Å². The predicted octanol–water partition coefficient (Wildman–Crippen LogP) is 2.77. The van der Waals surface area contributed by atoms with E-state index in [0.29, 0.717) is 0 Å². The number of nitrogens with zero attached hydrogens (tertiary/aromatic N) is 4. The minimum absolute atomic E-state index is 0.812. The molecule has 0 saturated carbocycles. The molecule has 0 spiro atoms. The Balaban J connectivity index is 1.91. The number of rotatable bonds is 9. The van der Waals surface area contributed by atoms with Crippen molar-refractivity contribution in [3.8, 4) is 5.75 Å². The molecule has 0 aliphatic heterocycles. The molecule has 2 heterocycles. The summed E-state index contributed by atoms with van der Waals surface area (Å²) in [6.07, 6.45) is 3.98. The standard InChI is InChI=1S/C18H21AsIN5OS/c1-3-4-7-21-8-9-25-17-15(16(19)22-11-23-17)24-18(25)27-14-10-12(26-2)5-6-13(14)20/h5-6,10-11,21H,3-4,7-9H2,1-2H3. The molecule has 9 heteroatoms. The van der Waals surface area contributed by atoms with Crippen molar-refractivity contribution in [2.45, 2.75) is 36.4 Å². The van der Waals surface area contributed by atoms with Gasteiger partial charge in [0.25, 0.3) is 0 Å². The number of aromatic nitrogens is 4. The van der Waals surface area contributed by atoms with Crippen LogP contribution in [0.15, 0.2) is 34.6 Å². The zero-order chi connectivity index (χ0) is 19.2. The number of hydrogen-bond acceptors (Lipinski definition) is 6. The Kier molecular flexibility index (Phi) is 7.81. The summed E-state index contributed by atoms with van der Waals surface area (Å²) in [5.41, 5.74) is 1.71. The van der Waals surface area contributed by atoms with E-state index in [4.69, 9.17) is 9.72 Å². The van der Waals surface area contributed by atoms with Crippen LogP contribution in [0.25, 0.3) is 11.2 Å². The van der Waals surface area contributed by atoms with Crippen LogP contribution in [0.2, 0.25) is 0 Å². The van der Waals surface area contributed by atoms with Crippen LogP contribution in [0.3, 0.4) is 0 Å². The molecule has 0 unspecified atom stereocenters. The summed E-state index contributed by atoms with van der Waals surface area (Å²) >= 11 is 6.46. The van der Waals surface area contributed by atoms with Gasteiger partial charge in [-0.2, -0.15) is 0 Å². The number of fused-ring (bicyclic) bond motifs is 1. The number of methoxy groups -OCH3 is 1. The first-order valence-electron chi connectivity index (χ1n) is 8.76. The average molecular weight is 557 g/mol. The van der Waals surface area contributed by atoms with Crippen molar-refractivity contribution < 1.29 is 4.74 Å². The van der Waals surface area contributed by atoms with Gasteiger partial charge in [-0.05, 0) is 0 Å². The van der Waals surface area contributed by atoms with Gasteiger partial charge < -0.3 is 0 Å². The molecule has 3 rings (SSSR count). The van der Waals surface area contributed by atoms with E-state index >= 15 is 0 Å². The van der Waals surface area contributed by atoms with Gasteiger partial charge >= 0.3 is 187 Å². The second-order valence-corrected chi connectivity index (χ2v) is 8.98. The first-order chi connectivity index (χ1) is 13.1. The quantitative estimate of drug-likeness (QED) is 0.248. The Bertz CT molecular complexity index is 920. The summed E-state index contributed by atoms with van der Waals surface area (Å²) in [6.45, 7) is 4.93. The first-order valence-corrected chi connectivity index (χ1v) is 11.6. The zero-order valence-corrected chi connectivity index (χ0v) is 20.1. The zero-order valence-electron chi connectivity index (χ0n) is 15.3. The fourth-order valence-electron chi connectivity index (χ4n) is 2.59. The molecule has 0 saturated heterocycles. The number of benzene rings is 1. The van der Waals surface area contributed by atoms with Crippen LogP contribution in [0, 0.1) is 3.57 Å². The van der Waals surface area contributed by atoms with E-state index < -0.39 is 0 Å². The predicted molar refractivity (Wildman–Crippen MR) is 118 cm³/mol. The van der Waals surface area contributed by atoms with Crippen LogP contribution in [0.5, 0.6) is 5.75 Å². The molecule has 6 nitrogen and oxygen atoms in total. The van der Waals surface area contributed by atoms with Gasteiger partial charge in [0.15, 0.2) is 0 Å². The molecule has 2 aromatic heterocycles. The Morgan fingerprint density at radius 2 is 2.15 bits per heavy atom. The molecule has 3 aromatic rings. The van der Waals surface area contributed by atoms with Gasteiger partial charge in [-0.25, -0.2) is 0 Å². The minimum atomic E-state index is 0.812. The van der Waals surface area contributed by atoms with Crippen molar-refractivity contribution in [2.24, 2.45) is 0 Å². The summed E-state index contributed by atoms with van der Waals surface area (Å²) in [6, 6.07) is 6.08. The number of hydrogen-bond donors (Lipinski definition) is 1. The van der Waals surface area contributed by atoms with Crippen LogP contribution in [-0.2, 0) is 6.54 Å². The summed E-state index contributed by atoms with van der Waals surface area (Å²) in [5, 5.41) is 4.42. The van der Waals surface area contributed by atoms with E-state index in [-0.39, 0.29) is 0 Å². The van der Waals surface area contributed by atoms with Crippen molar-refractivity contribution in [3.63, 3.8) is 0 Å². The van der Waals surface area contributed by atoms with Crippen molar-refractivity contribution in [3.05, 3.63) is 28.1 Å². The monoisotopic (exact) mass is 557 g/mol. The van der Waals surface area contributed by atoms with Crippen molar-refractivity contribution in [1.29, 1.82) is 0 Å². The average Bonchev–Trinajstić information content (AvgIpc) is 3.02. The first kappa shape index (κ1) is 20.9. The number of unbranched alkanes of at least 4 members (excludes halogenated alkanes) is 1. The van der Waals surface area contributed by atoms with Crippen LogP contribution < -0.4 is 14.5 Å². The van der Waals surface area contributed by atoms with E-state index in [1.54, 1.807) is 25.2 Å². The molecule has 2 radical (unpaired) electrons. The molecule has 0 aliphatic carbocycles. The summed E-state index contributed by atoms with van der Waals surface area (Å²) in [4.78, 5) is 14.7. The van der Waals surface area contributed by atoms with Gasteiger partial charge in [0, 0.05) is 0 Å².